The molecular formula is C13H17NO4. The van der Waals surface area contributed by atoms with Gasteiger partial charge < -0.3 is 20.3 Å². The number of nitrogens with two attached hydrogens (primary N) is 1. The molecule has 0 radical (unpaired) electrons. The lowest BCUT2D eigenvalue weighted by molar-refractivity contribution is -0.137. The van der Waals surface area contributed by atoms with Gasteiger partial charge in [-0.2, -0.15) is 0 Å². The first kappa shape index (κ1) is 12.7. The molecule has 0 bridgehead atoms. The number of carbonyl (C=O) groups is 1. The summed E-state index contributed by atoms with van der Waals surface area (Å²) >= 11 is 0. The van der Waals surface area contributed by atoms with Crippen LogP contribution < -0.4 is 15.2 Å². The van der Waals surface area contributed by atoms with Crippen molar-refractivity contribution in [1.82, 2.24) is 0 Å². The van der Waals surface area contributed by atoms with Gasteiger partial charge in [-0.1, -0.05) is 6.07 Å². The maximum atomic E-state index is 10.5. The summed E-state index contributed by atoms with van der Waals surface area (Å²) in [5.74, 6) is 0.913. The van der Waals surface area contributed by atoms with Crippen LogP contribution in [0.1, 0.15) is 18.4 Å². The third-order valence-corrected chi connectivity index (χ3v) is 3.06. The van der Waals surface area contributed by atoms with Gasteiger partial charge in [0.05, 0.1) is 0 Å². The molecule has 1 atom stereocenters. The van der Waals surface area contributed by atoms with Crippen LogP contribution >= 0.6 is 0 Å². The summed E-state index contributed by atoms with van der Waals surface area (Å²) in [5.41, 5.74) is 6.77. The van der Waals surface area contributed by atoms with Gasteiger partial charge in [-0.05, 0) is 43.0 Å². The van der Waals surface area contributed by atoms with Crippen LogP contribution in [0.15, 0.2) is 18.2 Å². The Morgan fingerprint density at radius 1 is 1.39 bits per heavy atom. The Morgan fingerprint density at radius 3 is 2.89 bits per heavy atom. The van der Waals surface area contributed by atoms with Crippen molar-refractivity contribution in [2.45, 2.75) is 19.3 Å². The van der Waals surface area contributed by atoms with Crippen molar-refractivity contribution in [3.63, 3.8) is 0 Å². The molecule has 98 valence electrons. The van der Waals surface area contributed by atoms with E-state index in [0.717, 1.165) is 23.5 Å². The van der Waals surface area contributed by atoms with Crippen molar-refractivity contribution in [3.05, 3.63) is 23.8 Å². The summed E-state index contributed by atoms with van der Waals surface area (Å²) in [4.78, 5) is 10.5. The van der Waals surface area contributed by atoms with Gasteiger partial charge in [0, 0.05) is 6.42 Å². The third kappa shape index (κ3) is 3.13. The Hall–Kier alpha value is -1.75. The van der Waals surface area contributed by atoms with E-state index in [1.807, 2.05) is 18.2 Å². The molecule has 3 N–H and O–H groups in total. The summed E-state index contributed by atoms with van der Waals surface area (Å²) in [6.45, 7) is 0.750. The van der Waals surface area contributed by atoms with Crippen molar-refractivity contribution >= 4 is 5.97 Å². The molecule has 0 aliphatic carbocycles. The standard InChI is InChI=1S/C13H17NO4/c14-7-10(2-4-13(15)16)5-9-1-3-11-12(6-9)18-8-17-11/h1,3,6,10H,2,4-5,7-8,14H2,(H,15,16). The summed E-state index contributed by atoms with van der Waals surface area (Å²) < 4.78 is 10.5. The highest BCUT2D eigenvalue weighted by Crippen LogP contribution is 2.33. The Morgan fingerprint density at radius 2 is 2.17 bits per heavy atom. The van der Waals surface area contributed by atoms with E-state index in [1.165, 1.54) is 0 Å². The number of aliphatic carboxylic acids is 1. The number of ether oxygens (including phenoxy) is 2. The first-order chi connectivity index (χ1) is 8.69. The molecule has 0 spiro atoms. The molecule has 18 heavy (non-hydrogen) atoms. The lowest BCUT2D eigenvalue weighted by atomic mass is 9.94. The zero-order valence-electron chi connectivity index (χ0n) is 10.1. The monoisotopic (exact) mass is 251 g/mol. The lowest BCUT2D eigenvalue weighted by Crippen LogP contribution is -2.18. The molecule has 1 unspecified atom stereocenters. The molecule has 0 amide bonds. The Labute approximate surface area is 106 Å². The Kier molecular flexibility index (Phi) is 4.04. The zero-order chi connectivity index (χ0) is 13.0. The van der Waals surface area contributed by atoms with E-state index in [9.17, 15) is 4.79 Å². The molecule has 5 heteroatoms. The summed E-state index contributed by atoms with van der Waals surface area (Å²) in [5, 5.41) is 8.67. The number of carboxylic acid groups (broad SMARTS) is 1. The summed E-state index contributed by atoms with van der Waals surface area (Å²) in [7, 11) is 0. The van der Waals surface area contributed by atoms with Gasteiger partial charge in [0.15, 0.2) is 11.5 Å². The third-order valence-electron chi connectivity index (χ3n) is 3.06. The quantitative estimate of drug-likeness (QED) is 0.798. The normalized spacial score (nSPS) is 14.5. The molecule has 0 fully saturated rings. The fourth-order valence-corrected chi connectivity index (χ4v) is 2.03. The van der Waals surface area contributed by atoms with Crippen LogP contribution in [-0.2, 0) is 11.2 Å². The first-order valence-corrected chi connectivity index (χ1v) is 5.99. The molecule has 1 aromatic rings. The minimum Gasteiger partial charge on any atom is -0.481 e. The molecule has 5 nitrogen and oxygen atoms in total. The van der Waals surface area contributed by atoms with E-state index in [-0.39, 0.29) is 19.1 Å². The molecular weight excluding hydrogens is 234 g/mol. The van der Waals surface area contributed by atoms with Crippen molar-refractivity contribution in [2.24, 2.45) is 11.7 Å². The van der Waals surface area contributed by atoms with Gasteiger partial charge in [0.2, 0.25) is 6.79 Å². The van der Waals surface area contributed by atoms with Crippen molar-refractivity contribution in [1.29, 1.82) is 0 Å². The second-order valence-corrected chi connectivity index (χ2v) is 4.43. The number of hydrogen-bond donors (Lipinski definition) is 2. The number of benzene rings is 1. The Balaban J connectivity index is 1.96. The van der Waals surface area contributed by atoms with Gasteiger partial charge in [0.25, 0.3) is 0 Å². The molecule has 0 saturated carbocycles. The SMILES string of the molecule is NCC(CCC(=O)O)Cc1ccc2c(c1)OCO2. The van der Waals surface area contributed by atoms with E-state index >= 15 is 0 Å². The van der Waals surface area contributed by atoms with E-state index in [1.54, 1.807) is 0 Å². The van der Waals surface area contributed by atoms with Crippen LogP contribution in [0.3, 0.4) is 0 Å². The predicted octanol–water partition coefficient (Wildman–Crippen LogP) is 1.40. The van der Waals surface area contributed by atoms with Crippen LogP contribution in [0, 0.1) is 5.92 Å². The van der Waals surface area contributed by atoms with Crippen LogP contribution in [-0.4, -0.2) is 24.4 Å². The van der Waals surface area contributed by atoms with E-state index in [2.05, 4.69) is 0 Å². The molecule has 2 rings (SSSR count). The fourth-order valence-electron chi connectivity index (χ4n) is 2.03. The zero-order valence-corrected chi connectivity index (χ0v) is 10.1. The van der Waals surface area contributed by atoms with Crippen molar-refractivity contribution in [3.8, 4) is 11.5 Å². The van der Waals surface area contributed by atoms with Crippen LogP contribution in [0.2, 0.25) is 0 Å². The number of rotatable bonds is 6. The second kappa shape index (κ2) is 5.73. The van der Waals surface area contributed by atoms with Crippen LogP contribution in [0.5, 0.6) is 11.5 Å². The first-order valence-electron chi connectivity index (χ1n) is 5.99. The highest BCUT2D eigenvalue weighted by atomic mass is 16.7. The van der Waals surface area contributed by atoms with Gasteiger partial charge in [-0.15, -0.1) is 0 Å². The molecule has 1 heterocycles. The van der Waals surface area contributed by atoms with Gasteiger partial charge in [-0.25, -0.2) is 0 Å². The topological polar surface area (TPSA) is 81.8 Å². The van der Waals surface area contributed by atoms with Gasteiger partial charge in [-0.3, -0.25) is 4.79 Å². The maximum absolute atomic E-state index is 10.5. The smallest absolute Gasteiger partial charge is 0.303 e. The van der Waals surface area contributed by atoms with E-state index < -0.39 is 5.97 Å². The minimum absolute atomic E-state index is 0.159. The summed E-state index contributed by atoms with van der Waals surface area (Å²) in [6, 6.07) is 5.78. The summed E-state index contributed by atoms with van der Waals surface area (Å²) in [6.07, 6.45) is 1.52. The highest BCUT2D eigenvalue weighted by Gasteiger charge is 2.15. The maximum Gasteiger partial charge on any atom is 0.303 e. The minimum atomic E-state index is -0.779. The molecule has 1 aliphatic rings. The number of hydrogen-bond acceptors (Lipinski definition) is 4. The van der Waals surface area contributed by atoms with Crippen molar-refractivity contribution in [2.75, 3.05) is 13.3 Å². The van der Waals surface area contributed by atoms with Crippen LogP contribution in [0.25, 0.3) is 0 Å². The second-order valence-electron chi connectivity index (χ2n) is 4.43. The highest BCUT2D eigenvalue weighted by molar-refractivity contribution is 5.66. The molecule has 1 aliphatic heterocycles. The van der Waals surface area contributed by atoms with Crippen molar-refractivity contribution < 1.29 is 19.4 Å². The van der Waals surface area contributed by atoms with Crippen LogP contribution in [0.4, 0.5) is 0 Å². The largest absolute Gasteiger partial charge is 0.481 e. The molecule has 0 aromatic heterocycles. The number of carboxylic acids is 1. The molecule has 1 aromatic carbocycles. The average molecular weight is 251 g/mol. The Bertz CT molecular complexity index is 433. The number of fused-ring (bicyclic) bond motifs is 1. The van der Waals surface area contributed by atoms with E-state index in [0.29, 0.717) is 13.0 Å². The van der Waals surface area contributed by atoms with Gasteiger partial charge in [0.1, 0.15) is 0 Å². The lowest BCUT2D eigenvalue weighted by Gasteiger charge is -2.13. The van der Waals surface area contributed by atoms with Gasteiger partial charge >= 0.3 is 5.97 Å². The van der Waals surface area contributed by atoms with E-state index in [4.69, 9.17) is 20.3 Å². The predicted molar refractivity (Wildman–Crippen MR) is 65.7 cm³/mol. The molecule has 0 saturated heterocycles. The fraction of sp³-hybridized carbons (Fsp3) is 0.462. The average Bonchev–Trinajstić information content (AvgIpc) is 2.81.